The van der Waals surface area contributed by atoms with Crippen LogP contribution in [0.4, 0.5) is 5.69 Å². The molecule has 0 aliphatic rings. The van der Waals surface area contributed by atoms with Crippen LogP contribution >= 0.6 is 0 Å². The van der Waals surface area contributed by atoms with Gasteiger partial charge in [0.1, 0.15) is 24.7 Å². The Morgan fingerprint density at radius 1 is 0.968 bits per heavy atom. The first-order valence-electron chi connectivity index (χ1n) is 9.54. The summed E-state index contributed by atoms with van der Waals surface area (Å²) in [5.74, 6) is 0.687. The second-order valence-electron chi connectivity index (χ2n) is 6.45. The van der Waals surface area contributed by atoms with Gasteiger partial charge in [0, 0.05) is 17.7 Å². The average molecular weight is 419 g/mol. The van der Waals surface area contributed by atoms with Crippen molar-refractivity contribution in [3.8, 4) is 11.5 Å². The number of hydrazone groups is 1. The van der Waals surface area contributed by atoms with E-state index in [1.807, 2.05) is 30.3 Å². The van der Waals surface area contributed by atoms with E-state index in [9.17, 15) is 14.9 Å². The smallest absolute Gasteiger partial charge is 0.275 e. The summed E-state index contributed by atoms with van der Waals surface area (Å²) in [6, 6.07) is 22.2. The van der Waals surface area contributed by atoms with Gasteiger partial charge in [-0.3, -0.25) is 14.9 Å². The van der Waals surface area contributed by atoms with Crippen LogP contribution in [0.5, 0.6) is 11.5 Å². The monoisotopic (exact) mass is 419 g/mol. The predicted octanol–water partition coefficient (Wildman–Crippen LogP) is 4.21. The number of rotatable bonds is 9. The molecule has 0 saturated carbocycles. The molecule has 0 aliphatic carbocycles. The third kappa shape index (κ3) is 6.14. The first-order valence-corrected chi connectivity index (χ1v) is 9.54. The van der Waals surface area contributed by atoms with E-state index in [-0.39, 0.29) is 12.3 Å². The molecule has 31 heavy (non-hydrogen) atoms. The maximum atomic E-state index is 12.6. The minimum absolute atomic E-state index is 0.0464. The van der Waals surface area contributed by atoms with E-state index in [1.165, 1.54) is 12.1 Å². The molecular weight excluding hydrogens is 398 g/mol. The van der Waals surface area contributed by atoms with Gasteiger partial charge in [0.15, 0.2) is 0 Å². The number of carbonyl (C=O) groups excluding carboxylic acids is 1. The van der Waals surface area contributed by atoms with Crippen molar-refractivity contribution in [1.29, 1.82) is 0 Å². The van der Waals surface area contributed by atoms with Gasteiger partial charge in [-0.25, -0.2) is 5.43 Å². The molecule has 0 fully saturated rings. The number of non-ortho nitro benzene ring substituents is 1. The van der Waals surface area contributed by atoms with Gasteiger partial charge in [-0.2, -0.15) is 5.10 Å². The number of nitrogens with zero attached hydrogens (tertiary/aromatic N) is 2. The van der Waals surface area contributed by atoms with Crippen molar-refractivity contribution in [3.63, 3.8) is 0 Å². The van der Waals surface area contributed by atoms with Crippen molar-refractivity contribution in [1.82, 2.24) is 5.43 Å². The van der Waals surface area contributed by atoms with Crippen LogP contribution in [0.15, 0.2) is 84.0 Å². The third-order valence-electron chi connectivity index (χ3n) is 4.28. The molecule has 158 valence electrons. The summed E-state index contributed by atoms with van der Waals surface area (Å²) in [5.41, 5.74) is 3.72. The van der Waals surface area contributed by atoms with Gasteiger partial charge in [0.05, 0.1) is 16.2 Å². The number of nitro groups is 1. The van der Waals surface area contributed by atoms with Crippen molar-refractivity contribution in [3.05, 3.63) is 100 Å². The Bertz CT molecular complexity index is 1080. The quantitative estimate of drug-likeness (QED) is 0.242. The van der Waals surface area contributed by atoms with Crippen molar-refractivity contribution >= 4 is 17.3 Å². The first kappa shape index (κ1) is 21.5. The van der Waals surface area contributed by atoms with Crippen molar-refractivity contribution < 1.29 is 19.2 Å². The van der Waals surface area contributed by atoms with Gasteiger partial charge >= 0.3 is 0 Å². The highest BCUT2D eigenvalue weighted by molar-refractivity contribution is 6.01. The molecule has 1 N–H and O–H groups in total. The molecule has 0 atom stereocenters. The summed E-state index contributed by atoms with van der Waals surface area (Å²) in [6.45, 7) is 2.24. The highest BCUT2D eigenvalue weighted by Gasteiger charge is 2.13. The standard InChI is InChI=1S/C23H21N3O5/c1-17(18-8-7-9-19(16-18)26(28)29)24-25-23(27)21-12-5-6-13-22(21)31-15-14-30-20-10-3-2-4-11-20/h2-13,16H,14-15H2,1H3,(H,25,27)/b24-17-. The van der Waals surface area contributed by atoms with E-state index < -0.39 is 10.8 Å². The van der Waals surface area contributed by atoms with E-state index in [0.29, 0.717) is 29.2 Å². The summed E-state index contributed by atoms with van der Waals surface area (Å²) >= 11 is 0. The van der Waals surface area contributed by atoms with Crippen LogP contribution in [0.1, 0.15) is 22.8 Å². The van der Waals surface area contributed by atoms with Crippen LogP contribution in [0.3, 0.4) is 0 Å². The maximum absolute atomic E-state index is 12.6. The lowest BCUT2D eigenvalue weighted by atomic mass is 10.1. The van der Waals surface area contributed by atoms with E-state index in [1.54, 1.807) is 43.3 Å². The van der Waals surface area contributed by atoms with Crippen molar-refractivity contribution in [2.24, 2.45) is 5.10 Å². The fraction of sp³-hybridized carbons (Fsp3) is 0.130. The lowest BCUT2D eigenvalue weighted by molar-refractivity contribution is -0.384. The summed E-state index contributed by atoms with van der Waals surface area (Å²) in [4.78, 5) is 23.0. The van der Waals surface area contributed by atoms with E-state index >= 15 is 0 Å². The Balaban J connectivity index is 1.60. The predicted molar refractivity (Wildman–Crippen MR) is 117 cm³/mol. The second kappa shape index (κ2) is 10.5. The molecule has 8 nitrogen and oxygen atoms in total. The van der Waals surface area contributed by atoms with Gasteiger partial charge in [0.2, 0.25) is 0 Å². The van der Waals surface area contributed by atoms with Crippen LogP contribution < -0.4 is 14.9 Å². The minimum atomic E-state index is -0.482. The Morgan fingerprint density at radius 2 is 1.68 bits per heavy atom. The summed E-state index contributed by atoms with van der Waals surface area (Å²) < 4.78 is 11.3. The molecule has 0 radical (unpaired) electrons. The normalized spacial score (nSPS) is 10.9. The fourth-order valence-electron chi connectivity index (χ4n) is 2.71. The number of amides is 1. The zero-order valence-electron chi connectivity index (χ0n) is 16.9. The number of carbonyl (C=O) groups is 1. The van der Waals surface area contributed by atoms with Gasteiger partial charge in [-0.1, -0.05) is 42.5 Å². The zero-order chi connectivity index (χ0) is 22.1. The Labute approximate surface area is 179 Å². The average Bonchev–Trinajstić information content (AvgIpc) is 2.81. The molecule has 0 unspecified atom stereocenters. The molecule has 3 aromatic carbocycles. The molecule has 1 amide bonds. The van der Waals surface area contributed by atoms with Gasteiger partial charge in [0.25, 0.3) is 11.6 Å². The first-order chi connectivity index (χ1) is 15.0. The van der Waals surface area contributed by atoms with E-state index in [4.69, 9.17) is 9.47 Å². The third-order valence-corrected chi connectivity index (χ3v) is 4.28. The molecule has 8 heteroatoms. The zero-order valence-corrected chi connectivity index (χ0v) is 16.9. The van der Waals surface area contributed by atoms with Crippen LogP contribution in [-0.2, 0) is 0 Å². The largest absolute Gasteiger partial charge is 0.490 e. The Hall–Kier alpha value is -4.20. The van der Waals surface area contributed by atoms with Crippen LogP contribution in [0.25, 0.3) is 0 Å². The topological polar surface area (TPSA) is 103 Å². The Kier molecular flexibility index (Phi) is 7.31. The molecule has 0 saturated heterocycles. The molecule has 0 bridgehead atoms. The van der Waals surface area contributed by atoms with Crippen molar-refractivity contribution in [2.75, 3.05) is 13.2 Å². The Morgan fingerprint density at radius 3 is 2.45 bits per heavy atom. The molecule has 3 rings (SSSR count). The van der Waals surface area contributed by atoms with Crippen LogP contribution in [-0.4, -0.2) is 29.8 Å². The van der Waals surface area contributed by atoms with Gasteiger partial charge < -0.3 is 9.47 Å². The number of hydrogen-bond donors (Lipinski definition) is 1. The lowest BCUT2D eigenvalue weighted by Crippen LogP contribution is -2.21. The molecule has 3 aromatic rings. The number of hydrogen-bond acceptors (Lipinski definition) is 6. The second-order valence-corrected chi connectivity index (χ2v) is 6.45. The summed E-state index contributed by atoms with van der Waals surface area (Å²) in [6.07, 6.45) is 0. The highest BCUT2D eigenvalue weighted by Crippen LogP contribution is 2.18. The molecule has 0 spiro atoms. The molecule has 0 aromatic heterocycles. The maximum Gasteiger partial charge on any atom is 0.275 e. The molecule has 0 heterocycles. The van der Waals surface area contributed by atoms with E-state index in [0.717, 1.165) is 5.75 Å². The number of nitro benzene ring substituents is 1. The SMILES string of the molecule is C/C(=N/NC(=O)c1ccccc1OCCOc1ccccc1)c1cccc([N+](=O)[O-])c1. The number of ether oxygens (including phenoxy) is 2. The number of benzene rings is 3. The number of para-hydroxylation sites is 2. The molecular formula is C23H21N3O5. The van der Waals surface area contributed by atoms with E-state index in [2.05, 4.69) is 10.5 Å². The summed E-state index contributed by atoms with van der Waals surface area (Å²) in [5, 5.41) is 15.0. The van der Waals surface area contributed by atoms with Crippen molar-refractivity contribution in [2.45, 2.75) is 6.92 Å². The molecule has 0 aliphatic heterocycles. The van der Waals surface area contributed by atoms with Gasteiger partial charge in [-0.05, 0) is 31.2 Å². The lowest BCUT2D eigenvalue weighted by Gasteiger charge is -2.11. The summed E-state index contributed by atoms with van der Waals surface area (Å²) in [7, 11) is 0. The van der Waals surface area contributed by atoms with Gasteiger partial charge in [-0.15, -0.1) is 0 Å². The fourth-order valence-corrected chi connectivity index (χ4v) is 2.71. The highest BCUT2D eigenvalue weighted by atomic mass is 16.6. The van der Waals surface area contributed by atoms with Crippen LogP contribution in [0.2, 0.25) is 0 Å². The van der Waals surface area contributed by atoms with Crippen LogP contribution in [0, 0.1) is 10.1 Å². The number of nitrogens with one attached hydrogen (secondary N) is 1. The minimum Gasteiger partial charge on any atom is -0.490 e.